The average molecular weight is 794 g/mol. The Bertz CT molecular complexity index is 3230. The van der Waals surface area contributed by atoms with Crippen LogP contribution in [0.25, 0.3) is 77.6 Å². The Balaban J connectivity index is 1.03. The van der Waals surface area contributed by atoms with Crippen LogP contribution in [0.15, 0.2) is 229 Å². The van der Waals surface area contributed by atoms with Gasteiger partial charge in [0.2, 0.25) is 0 Å². The number of hydrogen-bond acceptors (Lipinski definition) is 3. The van der Waals surface area contributed by atoms with Gasteiger partial charge in [0.25, 0.3) is 0 Å². The molecular weight excluding hydrogens is 751 g/mol. The van der Waals surface area contributed by atoms with Crippen molar-refractivity contribution in [1.82, 2.24) is 10.3 Å². The number of aromatic nitrogens is 1. The summed E-state index contributed by atoms with van der Waals surface area (Å²) in [6, 6.07) is 71.6. The maximum absolute atomic E-state index is 5.48. The number of allylic oxidation sites excluding steroid dienone is 5. The van der Waals surface area contributed by atoms with Gasteiger partial charge in [-0.05, 0) is 104 Å². The predicted molar refractivity (Wildman–Crippen MR) is 261 cm³/mol. The number of nitrogens with one attached hydrogen (secondary N) is 1. The summed E-state index contributed by atoms with van der Waals surface area (Å²) in [6.07, 6.45) is 10.9. The van der Waals surface area contributed by atoms with E-state index in [4.69, 9.17) is 9.98 Å². The molecule has 0 spiro atoms. The molecule has 1 aliphatic carbocycles. The lowest BCUT2D eigenvalue weighted by Crippen LogP contribution is -2.25. The summed E-state index contributed by atoms with van der Waals surface area (Å²) >= 11 is 0. The molecule has 0 radical (unpaired) electrons. The first kappa shape index (κ1) is 37.1. The van der Waals surface area contributed by atoms with Crippen LogP contribution in [0, 0.1) is 0 Å². The normalized spacial score (nSPS) is 14.8. The molecule has 3 heteroatoms. The highest BCUT2D eigenvalue weighted by Crippen LogP contribution is 2.42. The quantitative estimate of drug-likeness (QED) is 0.156. The monoisotopic (exact) mass is 793 g/mol. The van der Waals surface area contributed by atoms with Gasteiger partial charge in [0.1, 0.15) is 6.17 Å². The lowest BCUT2D eigenvalue weighted by molar-refractivity contribution is 0.664. The van der Waals surface area contributed by atoms with Crippen LogP contribution >= 0.6 is 0 Å². The molecule has 62 heavy (non-hydrogen) atoms. The van der Waals surface area contributed by atoms with E-state index in [1.54, 1.807) is 0 Å². The number of aliphatic imine (C=N–C) groups is 1. The van der Waals surface area contributed by atoms with Crippen molar-refractivity contribution >= 4 is 38.7 Å². The summed E-state index contributed by atoms with van der Waals surface area (Å²) in [5.41, 5.74) is 17.7. The van der Waals surface area contributed by atoms with Gasteiger partial charge in [-0.25, -0.2) is 4.98 Å². The second-order valence-corrected chi connectivity index (χ2v) is 16.1. The molecule has 1 atom stereocenters. The fourth-order valence-corrected chi connectivity index (χ4v) is 8.95. The van der Waals surface area contributed by atoms with E-state index in [-0.39, 0.29) is 6.17 Å². The molecule has 294 valence electrons. The van der Waals surface area contributed by atoms with Gasteiger partial charge in [-0.15, -0.1) is 0 Å². The van der Waals surface area contributed by atoms with Crippen molar-refractivity contribution in [2.24, 2.45) is 4.99 Å². The molecular formula is C59H43N3. The molecule has 0 bridgehead atoms. The Kier molecular flexibility index (Phi) is 9.76. The van der Waals surface area contributed by atoms with Gasteiger partial charge in [-0.3, -0.25) is 4.99 Å². The van der Waals surface area contributed by atoms with Crippen LogP contribution in [0.5, 0.6) is 0 Å². The van der Waals surface area contributed by atoms with E-state index in [0.29, 0.717) is 0 Å². The minimum absolute atomic E-state index is 0.308. The molecule has 1 N–H and O–H groups in total. The summed E-state index contributed by atoms with van der Waals surface area (Å²) in [5.74, 6) is 0. The first-order chi connectivity index (χ1) is 30.7. The van der Waals surface area contributed by atoms with Crippen LogP contribution < -0.4 is 5.32 Å². The second-order valence-electron chi connectivity index (χ2n) is 16.1. The highest BCUT2D eigenvalue weighted by atomic mass is 15.1. The molecule has 0 amide bonds. The first-order valence-electron chi connectivity index (χ1n) is 21.5. The van der Waals surface area contributed by atoms with Crippen LogP contribution in [-0.2, 0) is 0 Å². The van der Waals surface area contributed by atoms with Gasteiger partial charge >= 0.3 is 0 Å². The fraction of sp³-hybridized carbons (Fsp3) is 0.0508. The summed E-state index contributed by atoms with van der Waals surface area (Å²) in [4.78, 5) is 10.9. The van der Waals surface area contributed by atoms with E-state index in [9.17, 15) is 0 Å². The standard InChI is InChI=1S/C59H43N3/c1-5-17-40(18-6-1)46-26-15-28-49(35-46)55-39-56(50-29-16-27-47(36-50)41-19-7-2-8-20-41)62-59(61-55)45-33-31-43(32-34-45)53-37-48-25-13-14-30-51(48)57-52(42-21-9-3-10-22-42)38-54(60-58(53)57)44-23-11-4-12-24-44/h1,3-7,9-39,59,61H,2,8H2. The Hall–Kier alpha value is -7.88. The number of benzene rings is 8. The van der Waals surface area contributed by atoms with Crippen LogP contribution in [0.2, 0.25) is 0 Å². The molecule has 0 fully saturated rings. The van der Waals surface area contributed by atoms with E-state index in [2.05, 4.69) is 230 Å². The van der Waals surface area contributed by atoms with Crippen molar-refractivity contribution < 1.29 is 0 Å². The Morgan fingerprint density at radius 1 is 0.468 bits per heavy atom. The molecule has 3 nitrogen and oxygen atoms in total. The summed E-state index contributed by atoms with van der Waals surface area (Å²) in [6.45, 7) is 0. The third kappa shape index (κ3) is 7.24. The minimum Gasteiger partial charge on any atom is -0.360 e. The van der Waals surface area contributed by atoms with Gasteiger partial charge in [-0.2, -0.15) is 0 Å². The molecule has 1 unspecified atom stereocenters. The van der Waals surface area contributed by atoms with Crippen molar-refractivity contribution in [3.63, 3.8) is 0 Å². The number of rotatable bonds is 8. The van der Waals surface area contributed by atoms with Gasteiger partial charge in [0.15, 0.2) is 0 Å². The molecule has 2 heterocycles. The van der Waals surface area contributed by atoms with E-state index in [1.165, 1.54) is 44.2 Å². The molecule has 0 saturated carbocycles. The predicted octanol–water partition coefficient (Wildman–Crippen LogP) is 14.9. The highest BCUT2D eigenvalue weighted by molar-refractivity contribution is 6.18. The second kappa shape index (κ2) is 16.3. The SMILES string of the molecule is C1=CC(c2cccc(C3=NC(c4ccc(-c5cc6ccccc6c6c(-c7ccccc7)cc(-c7ccccc7)nc56)cc4)NC(c4cccc(-c5ccccc5)c4)=C3)c2)=CCC1. The van der Waals surface area contributed by atoms with Gasteiger partial charge < -0.3 is 5.32 Å². The van der Waals surface area contributed by atoms with Crippen LogP contribution in [-0.4, -0.2) is 10.7 Å². The zero-order valence-corrected chi connectivity index (χ0v) is 34.2. The molecule has 9 aromatic rings. The number of nitrogens with zero attached hydrogens (tertiary/aromatic N) is 2. The number of pyridine rings is 1. The van der Waals surface area contributed by atoms with Gasteiger partial charge in [0.05, 0.1) is 16.9 Å². The van der Waals surface area contributed by atoms with E-state index >= 15 is 0 Å². The highest BCUT2D eigenvalue weighted by Gasteiger charge is 2.22. The summed E-state index contributed by atoms with van der Waals surface area (Å²) < 4.78 is 0. The zero-order chi connectivity index (χ0) is 41.2. The Morgan fingerprint density at radius 3 is 1.85 bits per heavy atom. The van der Waals surface area contributed by atoms with Crippen LogP contribution in [0.4, 0.5) is 0 Å². The minimum atomic E-state index is -0.308. The van der Waals surface area contributed by atoms with Crippen molar-refractivity contribution in [3.05, 3.63) is 247 Å². The molecule has 0 saturated heterocycles. The lowest BCUT2D eigenvalue weighted by Gasteiger charge is -2.25. The lowest BCUT2D eigenvalue weighted by atomic mass is 9.90. The third-order valence-corrected chi connectivity index (χ3v) is 12.1. The van der Waals surface area contributed by atoms with Crippen molar-refractivity contribution in [2.75, 3.05) is 0 Å². The first-order valence-corrected chi connectivity index (χ1v) is 21.5. The molecule has 11 rings (SSSR count). The summed E-state index contributed by atoms with van der Waals surface area (Å²) in [5, 5.41) is 7.38. The molecule has 1 aromatic heterocycles. The maximum atomic E-state index is 5.48. The van der Waals surface area contributed by atoms with Crippen molar-refractivity contribution in [1.29, 1.82) is 0 Å². The summed E-state index contributed by atoms with van der Waals surface area (Å²) in [7, 11) is 0. The molecule has 2 aliphatic rings. The van der Waals surface area contributed by atoms with Crippen LogP contribution in [0.1, 0.15) is 41.3 Å². The third-order valence-electron chi connectivity index (χ3n) is 12.1. The fourth-order valence-electron chi connectivity index (χ4n) is 8.95. The maximum Gasteiger partial charge on any atom is 0.145 e. The smallest absolute Gasteiger partial charge is 0.145 e. The van der Waals surface area contributed by atoms with Crippen LogP contribution in [0.3, 0.4) is 0 Å². The van der Waals surface area contributed by atoms with Crippen molar-refractivity contribution in [3.8, 4) is 44.6 Å². The molecule has 8 aromatic carbocycles. The van der Waals surface area contributed by atoms with Crippen molar-refractivity contribution in [2.45, 2.75) is 19.0 Å². The zero-order valence-electron chi connectivity index (χ0n) is 34.2. The Labute approximate surface area is 362 Å². The topological polar surface area (TPSA) is 37.3 Å². The van der Waals surface area contributed by atoms with E-state index in [1.807, 2.05) is 0 Å². The van der Waals surface area contributed by atoms with E-state index < -0.39 is 0 Å². The number of hydrogen-bond donors (Lipinski definition) is 1. The van der Waals surface area contributed by atoms with Gasteiger partial charge in [-0.1, -0.05) is 194 Å². The van der Waals surface area contributed by atoms with E-state index in [0.717, 1.165) is 74.2 Å². The number of fused-ring (bicyclic) bond motifs is 3. The largest absolute Gasteiger partial charge is 0.360 e. The molecule has 1 aliphatic heterocycles. The van der Waals surface area contributed by atoms with Gasteiger partial charge in [0, 0.05) is 27.8 Å². The average Bonchev–Trinajstić information content (AvgIpc) is 3.37. The Morgan fingerprint density at radius 2 is 1.10 bits per heavy atom.